The van der Waals surface area contributed by atoms with Crippen LogP contribution in [0.25, 0.3) is 11.2 Å². The molecule has 2 aromatic heterocycles. The lowest BCUT2D eigenvalue weighted by Crippen LogP contribution is -2.38. The molecule has 1 saturated heterocycles. The third-order valence-corrected chi connectivity index (χ3v) is 7.27. The van der Waals surface area contributed by atoms with Gasteiger partial charge in [-0.15, -0.1) is 6.42 Å². The number of carbonyl (C=O) groups excluding carboxylic acids is 1. The topological polar surface area (TPSA) is 153 Å². The second-order valence-electron chi connectivity index (χ2n) is 8.96. The molecule has 4 atom stereocenters. The molecule has 0 unspecified atom stereocenters. The summed E-state index contributed by atoms with van der Waals surface area (Å²) in [6.07, 6.45) is 5.85. The molecule has 1 aliphatic heterocycles. The lowest BCUT2D eigenvalue weighted by atomic mass is 10.0. The predicted octanol–water partition coefficient (Wildman–Crippen LogP) is 3.36. The molecular weight excluding hydrogens is 518 g/mol. The Kier molecular flexibility index (Phi) is 7.99. The van der Waals surface area contributed by atoms with E-state index in [1.54, 1.807) is 44.2 Å². The van der Waals surface area contributed by atoms with Crippen LogP contribution >= 0.6 is 7.75 Å². The maximum Gasteiger partial charge on any atom is 0.459 e. The van der Waals surface area contributed by atoms with Crippen LogP contribution in [-0.2, 0) is 23.4 Å². The van der Waals surface area contributed by atoms with E-state index in [0.29, 0.717) is 12.8 Å². The number of nitrogens with one attached hydrogen (secondary N) is 1. The highest BCUT2D eigenvalue weighted by atomic mass is 31.2. The number of hydrogen-bond acceptors (Lipinski definition) is 10. The molecule has 0 bridgehead atoms. The number of nitrogens with zero attached hydrogens (tertiary/aromatic N) is 4. The number of benzene rings is 1. The number of nitrogens with two attached hydrogens (primary N) is 1. The molecule has 1 aliphatic rings. The van der Waals surface area contributed by atoms with Crippen molar-refractivity contribution in [3.05, 3.63) is 42.7 Å². The normalized spacial score (nSPS) is 21.6. The first kappa shape index (κ1) is 27.5. The van der Waals surface area contributed by atoms with Crippen LogP contribution in [0.2, 0.25) is 0 Å². The van der Waals surface area contributed by atoms with E-state index in [1.807, 2.05) is 0 Å². The highest BCUT2D eigenvalue weighted by Crippen LogP contribution is 2.47. The number of anilines is 1. The lowest BCUT2D eigenvalue weighted by Gasteiger charge is -2.28. The number of para-hydroxylation sites is 1. The zero-order chi connectivity index (χ0) is 27.5. The van der Waals surface area contributed by atoms with E-state index >= 15 is 0 Å². The highest BCUT2D eigenvalue weighted by molar-refractivity contribution is 7.52. The molecule has 1 aromatic carbocycles. The summed E-state index contributed by atoms with van der Waals surface area (Å²) in [5, 5.41) is 2.61. The Morgan fingerprint density at radius 2 is 2.11 bits per heavy atom. The fourth-order valence-corrected chi connectivity index (χ4v) is 5.37. The summed E-state index contributed by atoms with van der Waals surface area (Å²) in [6.45, 7) is 4.53. The minimum Gasteiger partial charge on any atom is -0.462 e. The van der Waals surface area contributed by atoms with Gasteiger partial charge in [0, 0.05) is 0 Å². The first-order valence-corrected chi connectivity index (χ1v) is 13.4. The minimum absolute atomic E-state index is 0.106. The van der Waals surface area contributed by atoms with Gasteiger partial charge in [0.15, 0.2) is 22.6 Å². The molecule has 4 rings (SSSR count). The number of ether oxygens (including phenoxy) is 2. The van der Waals surface area contributed by atoms with Crippen molar-refractivity contribution in [3.63, 3.8) is 0 Å². The number of carbonyl (C=O) groups is 1. The number of halogens is 1. The van der Waals surface area contributed by atoms with E-state index in [0.717, 1.165) is 0 Å². The van der Waals surface area contributed by atoms with E-state index in [1.165, 1.54) is 17.8 Å². The van der Waals surface area contributed by atoms with Gasteiger partial charge in [-0.1, -0.05) is 24.1 Å². The van der Waals surface area contributed by atoms with Gasteiger partial charge in [-0.25, -0.2) is 9.55 Å². The van der Waals surface area contributed by atoms with Crippen molar-refractivity contribution in [2.75, 3.05) is 12.3 Å². The van der Waals surface area contributed by atoms with Crippen LogP contribution in [0, 0.1) is 18.4 Å². The van der Waals surface area contributed by atoms with Gasteiger partial charge in [0.1, 0.15) is 18.0 Å². The van der Waals surface area contributed by atoms with E-state index in [4.69, 9.17) is 30.7 Å². The zero-order valence-electron chi connectivity index (χ0n) is 21.0. The van der Waals surface area contributed by atoms with Crippen molar-refractivity contribution < 1.29 is 32.3 Å². The van der Waals surface area contributed by atoms with E-state index in [9.17, 15) is 13.8 Å². The molecule has 0 amide bonds. The second-order valence-corrected chi connectivity index (χ2v) is 10.7. The average Bonchev–Trinajstić information content (AvgIpc) is 3.48. The van der Waals surface area contributed by atoms with Crippen molar-refractivity contribution in [2.45, 2.75) is 57.6 Å². The molecule has 0 saturated carbocycles. The van der Waals surface area contributed by atoms with E-state index in [2.05, 4.69) is 26.0 Å². The van der Waals surface area contributed by atoms with E-state index < -0.39 is 37.7 Å². The summed E-state index contributed by atoms with van der Waals surface area (Å²) in [7, 11) is -4.17. The summed E-state index contributed by atoms with van der Waals surface area (Å²) in [6, 6.07) is 7.30. The van der Waals surface area contributed by atoms with Crippen LogP contribution in [0.5, 0.6) is 5.75 Å². The zero-order valence-corrected chi connectivity index (χ0v) is 21.9. The predicted molar refractivity (Wildman–Crippen MR) is 135 cm³/mol. The van der Waals surface area contributed by atoms with Crippen LogP contribution in [0.15, 0.2) is 36.7 Å². The van der Waals surface area contributed by atoms with Gasteiger partial charge in [0.2, 0.25) is 0 Å². The summed E-state index contributed by atoms with van der Waals surface area (Å²) < 4.78 is 51.8. The minimum atomic E-state index is -4.17. The molecule has 3 N–H and O–H groups in total. The van der Waals surface area contributed by atoms with Crippen LogP contribution in [0.3, 0.4) is 0 Å². The van der Waals surface area contributed by atoms with E-state index in [-0.39, 0.29) is 35.4 Å². The van der Waals surface area contributed by atoms with Crippen molar-refractivity contribution in [2.24, 2.45) is 0 Å². The Hall–Kier alpha value is -3.56. The van der Waals surface area contributed by atoms with Crippen molar-refractivity contribution in [3.8, 4) is 18.1 Å². The molecule has 0 spiro atoms. The molecule has 0 radical (unpaired) electrons. The molecule has 14 heteroatoms. The van der Waals surface area contributed by atoms with Crippen LogP contribution in [0.4, 0.5) is 10.2 Å². The maximum atomic E-state index is 13.8. The summed E-state index contributed by atoms with van der Waals surface area (Å²) in [4.78, 5) is 23.8. The number of fused-ring (bicyclic) bond motifs is 1. The second kappa shape index (κ2) is 11.0. The molecule has 3 aromatic rings. The van der Waals surface area contributed by atoms with Crippen molar-refractivity contribution >= 4 is 30.7 Å². The average molecular weight is 546 g/mol. The number of nitrogen functional groups attached to an aromatic ring is 1. The monoisotopic (exact) mass is 546 g/mol. The standard InChI is InChI=1S/C24H28FN6O6P/c1-5-24(12-11-18(36-24)31-14-27-19-20(26)28-23(25)29-21(19)31)13-34-38(33,37-17-9-7-6-8-10-17)30-16(4)22(32)35-15(2)3/h1,6-10,14-16,18H,11-13H2,2-4H3,(H,30,33)(H2,26,28,29)/t16-,18+,24-,38-/m0/s1. The summed E-state index contributed by atoms with van der Waals surface area (Å²) in [5.41, 5.74) is 4.79. The fourth-order valence-electron chi connectivity index (χ4n) is 3.83. The number of rotatable bonds is 10. The van der Waals surface area contributed by atoms with Crippen molar-refractivity contribution in [1.82, 2.24) is 24.6 Å². The van der Waals surface area contributed by atoms with Gasteiger partial charge in [-0.05, 0) is 45.7 Å². The molecule has 38 heavy (non-hydrogen) atoms. The lowest BCUT2D eigenvalue weighted by molar-refractivity contribution is -0.149. The van der Waals surface area contributed by atoms with Gasteiger partial charge in [-0.2, -0.15) is 19.4 Å². The Labute approximate surface area is 218 Å². The van der Waals surface area contributed by atoms with Gasteiger partial charge in [-0.3, -0.25) is 13.9 Å². The quantitative estimate of drug-likeness (QED) is 0.167. The van der Waals surface area contributed by atoms with Gasteiger partial charge in [0.05, 0.1) is 19.0 Å². The highest BCUT2D eigenvalue weighted by Gasteiger charge is 2.44. The van der Waals surface area contributed by atoms with Crippen LogP contribution in [0.1, 0.15) is 39.8 Å². The number of esters is 1. The number of terminal acetylenes is 1. The first-order valence-electron chi connectivity index (χ1n) is 11.8. The molecule has 1 fully saturated rings. The largest absolute Gasteiger partial charge is 0.462 e. The van der Waals surface area contributed by atoms with Crippen LogP contribution < -0.4 is 15.3 Å². The maximum absolute atomic E-state index is 13.8. The molecule has 0 aliphatic carbocycles. The first-order chi connectivity index (χ1) is 18.0. The number of hydrogen-bond donors (Lipinski definition) is 2. The van der Waals surface area contributed by atoms with Gasteiger partial charge < -0.3 is 19.7 Å². The Balaban J connectivity index is 1.53. The van der Waals surface area contributed by atoms with Gasteiger partial charge in [0.25, 0.3) is 0 Å². The van der Waals surface area contributed by atoms with Crippen LogP contribution in [-0.4, -0.2) is 49.8 Å². The third-order valence-electron chi connectivity index (χ3n) is 5.64. The Morgan fingerprint density at radius 1 is 1.37 bits per heavy atom. The smallest absolute Gasteiger partial charge is 0.459 e. The molecular formula is C24H28FN6O6P. The third kappa shape index (κ3) is 6.11. The SMILES string of the molecule is C#C[C@@]1(CO[P@@](=O)(N[C@@H](C)C(=O)OC(C)C)Oc2ccccc2)CC[C@H](n2cnc3c(N)nc(F)nc32)O1. The van der Waals surface area contributed by atoms with Gasteiger partial charge >= 0.3 is 19.8 Å². The summed E-state index contributed by atoms with van der Waals surface area (Å²) in [5.74, 6) is 2.08. The number of aromatic nitrogens is 4. The molecule has 3 heterocycles. The molecule has 202 valence electrons. The fraction of sp³-hybridized carbons (Fsp3) is 0.417. The van der Waals surface area contributed by atoms with Crippen molar-refractivity contribution in [1.29, 1.82) is 0 Å². The Morgan fingerprint density at radius 3 is 2.79 bits per heavy atom. The molecule has 12 nitrogen and oxygen atoms in total. The number of imidazole rings is 1. The summed E-state index contributed by atoms with van der Waals surface area (Å²) >= 11 is 0. The Bertz CT molecular complexity index is 1400.